The van der Waals surface area contributed by atoms with E-state index in [2.05, 4.69) is 15.0 Å². The Kier molecular flexibility index (Phi) is 9.58. The number of alkyl halides is 3. The lowest BCUT2D eigenvalue weighted by molar-refractivity contribution is -0.141. The van der Waals surface area contributed by atoms with E-state index in [1.165, 1.54) is 42.1 Å². The number of thioether (sulfide) groups is 1. The van der Waals surface area contributed by atoms with E-state index in [0.29, 0.717) is 11.1 Å². The summed E-state index contributed by atoms with van der Waals surface area (Å²) in [6.07, 6.45) is 1.000. The van der Waals surface area contributed by atoms with Crippen LogP contribution in [-0.4, -0.2) is 30.8 Å². The van der Waals surface area contributed by atoms with E-state index in [1.54, 1.807) is 0 Å². The molecular formula is C28H28F5N3O3S2. The van der Waals surface area contributed by atoms with E-state index in [0.717, 1.165) is 62.6 Å². The molecule has 220 valence electrons. The lowest BCUT2D eigenvalue weighted by Crippen LogP contribution is -2.30. The van der Waals surface area contributed by atoms with Crippen LogP contribution in [0.15, 0.2) is 59.6 Å². The monoisotopic (exact) mass is 613 g/mol. The Morgan fingerprint density at radius 2 is 1.66 bits per heavy atom. The zero-order valence-corrected chi connectivity index (χ0v) is 23.6. The minimum absolute atomic E-state index is 0.114. The summed E-state index contributed by atoms with van der Waals surface area (Å²) in [6.45, 7) is -0.146. The number of carbonyl (C=O) groups is 1. The Morgan fingerprint density at radius 3 is 2.27 bits per heavy atom. The van der Waals surface area contributed by atoms with Gasteiger partial charge in [0, 0.05) is 17.4 Å². The summed E-state index contributed by atoms with van der Waals surface area (Å²) in [6, 6.07) is 10.7. The molecule has 2 aromatic carbocycles. The molecule has 1 fully saturated rings. The number of amides is 1. The summed E-state index contributed by atoms with van der Waals surface area (Å²) in [5.74, 6) is -3.22. The van der Waals surface area contributed by atoms with Crippen molar-refractivity contribution in [2.45, 2.75) is 61.0 Å². The van der Waals surface area contributed by atoms with Crippen molar-refractivity contribution >= 4 is 33.4 Å². The number of pyridine rings is 1. The van der Waals surface area contributed by atoms with E-state index >= 15 is 0 Å². The maximum Gasteiger partial charge on any atom is 0.433 e. The molecule has 0 saturated heterocycles. The number of nitrogens with one attached hydrogen (secondary N) is 2. The molecule has 6 nitrogen and oxygen atoms in total. The number of sulfonamides is 1. The second-order valence-electron chi connectivity index (χ2n) is 9.85. The van der Waals surface area contributed by atoms with Gasteiger partial charge in [0.05, 0.1) is 17.9 Å². The van der Waals surface area contributed by atoms with Gasteiger partial charge in [0.2, 0.25) is 15.9 Å². The van der Waals surface area contributed by atoms with E-state index in [9.17, 15) is 35.2 Å². The minimum atomic E-state index is -4.63. The van der Waals surface area contributed by atoms with Crippen LogP contribution in [0, 0.1) is 11.6 Å². The van der Waals surface area contributed by atoms with Gasteiger partial charge in [0.25, 0.3) is 0 Å². The molecular weight excluding hydrogens is 585 g/mol. The number of aromatic nitrogens is 1. The van der Waals surface area contributed by atoms with E-state index < -0.39 is 45.4 Å². The van der Waals surface area contributed by atoms with Crippen molar-refractivity contribution in [2.24, 2.45) is 0 Å². The first-order valence-electron chi connectivity index (χ1n) is 12.8. The first-order valence-corrected chi connectivity index (χ1v) is 15.6. The van der Waals surface area contributed by atoms with Gasteiger partial charge < -0.3 is 5.32 Å². The van der Waals surface area contributed by atoms with Gasteiger partial charge in [-0.15, -0.1) is 11.8 Å². The summed E-state index contributed by atoms with van der Waals surface area (Å²) >= 11 is 1.27. The van der Waals surface area contributed by atoms with Gasteiger partial charge in [-0.25, -0.2) is 22.2 Å². The number of rotatable bonds is 9. The summed E-state index contributed by atoms with van der Waals surface area (Å²) in [5, 5.41) is 3.02. The molecule has 1 unspecified atom stereocenters. The smallest absolute Gasteiger partial charge is 0.351 e. The lowest BCUT2D eigenvalue weighted by Gasteiger charge is -2.23. The maximum atomic E-state index is 14.8. The number of halogens is 5. The maximum absolute atomic E-state index is 14.8. The summed E-state index contributed by atoms with van der Waals surface area (Å²) in [5.41, 5.74) is -0.441. The fourth-order valence-corrected chi connectivity index (χ4v) is 6.53. The van der Waals surface area contributed by atoms with Crippen LogP contribution in [0.25, 0.3) is 0 Å². The fourth-order valence-electron chi connectivity index (χ4n) is 4.63. The molecule has 2 N–H and O–H groups in total. The normalized spacial score (nSPS) is 15.4. The Hall–Kier alpha value is -3.19. The molecule has 0 aliphatic heterocycles. The molecule has 0 bridgehead atoms. The molecule has 1 aromatic heterocycles. The first kappa shape index (κ1) is 30.8. The second-order valence-corrected chi connectivity index (χ2v) is 12.9. The van der Waals surface area contributed by atoms with Gasteiger partial charge in [-0.1, -0.05) is 43.5 Å². The predicted octanol–water partition coefficient (Wildman–Crippen LogP) is 6.62. The third kappa shape index (κ3) is 8.41. The average molecular weight is 614 g/mol. The van der Waals surface area contributed by atoms with E-state index in [-0.39, 0.29) is 28.1 Å². The van der Waals surface area contributed by atoms with Crippen molar-refractivity contribution in [3.63, 3.8) is 0 Å². The molecule has 1 saturated carbocycles. The van der Waals surface area contributed by atoms with Crippen LogP contribution in [-0.2, 0) is 27.5 Å². The van der Waals surface area contributed by atoms with Crippen LogP contribution in [0.2, 0.25) is 0 Å². The Bertz CT molecular complexity index is 1490. The van der Waals surface area contributed by atoms with Crippen molar-refractivity contribution in [2.75, 3.05) is 11.0 Å². The average Bonchev–Trinajstić information content (AvgIpc) is 2.90. The molecule has 1 aliphatic carbocycles. The standard InChI is InChI=1S/C28H28F5N3O3S2/c1-41(38,39)36-23-13-9-18(15-22(23)30)25(17-7-11-20(29)12-8-17)26(37)34-16-19-10-14-24(28(31,32)33)35-27(19)40-21-5-3-2-4-6-21/h7-15,21,25,36H,2-6,16H2,1H3,(H,34,37). The highest BCUT2D eigenvalue weighted by molar-refractivity contribution is 7.99. The highest BCUT2D eigenvalue weighted by Crippen LogP contribution is 2.37. The van der Waals surface area contributed by atoms with Crippen molar-refractivity contribution in [3.05, 3.63) is 88.6 Å². The number of carbonyl (C=O) groups excluding carboxylic acids is 1. The molecule has 1 aliphatic rings. The third-order valence-corrected chi connectivity index (χ3v) is 8.57. The van der Waals surface area contributed by atoms with Gasteiger partial charge in [-0.3, -0.25) is 9.52 Å². The lowest BCUT2D eigenvalue weighted by atomic mass is 9.90. The number of benzene rings is 2. The quantitative estimate of drug-likeness (QED) is 0.265. The summed E-state index contributed by atoms with van der Waals surface area (Å²) in [7, 11) is -3.76. The number of hydrogen-bond donors (Lipinski definition) is 2. The molecule has 0 spiro atoms. The topological polar surface area (TPSA) is 88.2 Å². The Balaban J connectivity index is 1.62. The molecule has 1 heterocycles. The van der Waals surface area contributed by atoms with Gasteiger partial charge >= 0.3 is 6.18 Å². The Morgan fingerprint density at radius 1 is 1.00 bits per heavy atom. The highest BCUT2D eigenvalue weighted by Gasteiger charge is 2.33. The number of anilines is 1. The molecule has 41 heavy (non-hydrogen) atoms. The van der Waals surface area contributed by atoms with Crippen molar-refractivity contribution in [1.29, 1.82) is 0 Å². The van der Waals surface area contributed by atoms with Crippen LogP contribution in [0.3, 0.4) is 0 Å². The van der Waals surface area contributed by atoms with Crippen molar-refractivity contribution < 1.29 is 35.2 Å². The van der Waals surface area contributed by atoms with Crippen molar-refractivity contribution in [1.82, 2.24) is 10.3 Å². The Labute approximate surface area is 239 Å². The largest absolute Gasteiger partial charge is 0.433 e. The number of hydrogen-bond acceptors (Lipinski definition) is 5. The third-order valence-electron chi connectivity index (χ3n) is 6.60. The first-order chi connectivity index (χ1) is 19.3. The predicted molar refractivity (Wildman–Crippen MR) is 147 cm³/mol. The van der Waals surface area contributed by atoms with Crippen LogP contribution >= 0.6 is 11.8 Å². The zero-order valence-electron chi connectivity index (χ0n) is 22.0. The number of nitrogens with zero attached hydrogens (tertiary/aromatic N) is 1. The molecule has 1 amide bonds. The van der Waals surface area contributed by atoms with E-state index in [4.69, 9.17) is 0 Å². The van der Waals surface area contributed by atoms with Crippen LogP contribution in [0.1, 0.15) is 60.4 Å². The molecule has 4 rings (SSSR count). The molecule has 13 heteroatoms. The van der Waals surface area contributed by atoms with E-state index in [1.807, 2.05) is 0 Å². The second kappa shape index (κ2) is 12.8. The van der Waals surface area contributed by atoms with Gasteiger partial charge in [-0.05, 0) is 54.3 Å². The SMILES string of the molecule is CS(=O)(=O)Nc1ccc(C(C(=O)NCc2ccc(C(F)(F)F)nc2SC2CCCCC2)c2ccc(F)cc2)cc1F. The molecule has 3 aromatic rings. The highest BCUT2D eigenvalue weighted by atomic mass is 32.2. The van der Waals surface area contributed by atoms with Gasteiger partial charge in [-0.2, -0.15) is 13.2 Å². The van der Waals surface area contributed by atoms with Crippen LogP contribution < -0.4 is 10.0 Å². The van der Waals surface area contributed by atoms with Gasteiger partial charge in [0.1, 0.15) is 22.4 Å². The van der Waals surface area contributed by atoms with Crippen LogP contribution in [0.5, 0.6) is 0 Å². The van der Waals surface area contributed by atoms with Gasteiger partial charge in [0.15, 0.2) is 0 Å². The summed E-state index contributed by atoms with van der Waals surface area (Å²) in [4.78, 5) is 17.4. The molecule has 0 radical (unpaired) electrons. The minimum Gasteiger partial charge on any atom is -0.351 e. The summed E-state index contributed by atoms with van der Waals surface area (Å²) < 4.78 is 93.8. The fraction of sp³-hybridized carbons (Fsp3) is 0.357. The van der Waals surface area contributed by atoms with Crippen LogP contribution in [0.4, 0.5) is 27.6 Å². The van der Waals surface area contributed by atoms with Crippen molar-refractivity contribution in [3.8, 4) is 0 Å². The molecule has 1 atom stereocenters. The zero-order chi connectivity index (χ0) is 29.8.